The topological polar surface area (TPSA) is 67.0 Å². The summed E-state index contributed by atoms with van der Waals surface area (Å²) in [5.41, 5.74) is 1.99. The monoisotopic (exact) mass is 247 g/mol. The lowest BCUT2D eigenvalue weighted by molar-refractivity contribution is -0.126. The molecule has 2 N–H and O–H groups in total. The standard InChI is InChI=1S/C13H17N3O2/c1-13(4-5-18-8-13)15-12(17)9-2-3-10-7-14-16-11(10)6-9/h4-5,7,9H,2-3,6,8H2,1H3,(H,14,16)(H,15,17). The van der Waals surface area contributed by atoms with Gasteiger partial charge in [0.2, 0.25) is 5.91 Å². The summed E-state index contributed by atoms with van der Waals surface area (Å²) in [7, 11) is 0. The third-order valence-corrected chi connectivity index (χ3v) is 3.72. The number of aromatic nitrogens is 2. The number of carbonyl (C=O) groups is 1. The Labute approximate surface area is 106 Å². The second-order valence-electron chi connectivity index (χ2n) is 5.33. The molecule has 18 heavy (non-hydrogen) atoms. The van der Waals surface area contributed by atoms with Crippen molar-refractivity contribution in [2.24, 2.45) is 5.92 Å². The molecular weight excluding hydrogens is 230 g/mol. The van der Waals surface area contributed by atoms with Crippen LogP contribution in [-0.4, -0.2) is 28.3 Å². The molecule has 2 atom stereocenters. The molecule has 0 bridgehead atoms. The molecule has 0 radical (unpaired) electrons. The van der Waals surface area contributed by atoms with Crippen molar-refractivity contribution in [3.8, 4) is 0 Å². The van der Waals surface area contributed by atoms with Crippen LogP contribution in [0.15, 0.2) is 18.5 Å². The van der Waals surface area contributed by atoms with E-state index in [0.29, 0.717) is 6.61 Å². The molecule has 96 valence electrons. The van der Waals surface area contributed by atoms with Gasteiger partial charge in [0.1, 0.15) is 6.61 Å². The predicted octanol–water partition coefficient (Wildman–Crippen LogP) is 0.933. The van der Waals surface area contributed by atoms with E-state index in [4.69, 9.17) is 4.74 Å². The van der Waals surface area contributed by atoms with Crippen LogP contribution in [0.25, 0.3) is 0 Å². The van der Waals surface area contributed by atoms with E-state index in [0.717, 1.165) is 25.0 Å². The first-order valence-electron chi connectivity index (χ1n) is 6.29. The van der Waals surface area contributed by atoms with E-state index in [-0.39, 0.29) is 17.4 Å². The van der Waals surface area contributed by atoms with Gasteiger partial charge in [-0.25, -0.2) is 0 Å². The number of nitrogens with one attached hydrogen (secondary N) is 2. The van der Waals surface area contributed by atoms with Crippen molar-refractivity contribution in [2.75, 3.05) is 6.61 Å². The van der Waals surface area contributed by atoms with Crippen LogP contribution in [-0.2, 0) is 22.4 Å². The molecule has 1 aromatic rings. The average Bonchev–Trinajstić information content (AvgIpc) is 2.96. The maximum Gasteiger partial charge on any atom is 0.224 e. The molecular formula is C13H17N3O2. The Balaban J connectivity index is 1.66. The van der Waals surface area contributed by atoms with E-state index in [1.165, 1.54) is 5.56 Å². The Bertz CT molecular complexity index is 494. The van der Waals surface area contributed by atoms with E-state index in [1.54, 1.807) is 6.26 Å². The summed E-state index contributed by atoms with van der Waals surface area (Å²) in [6.45, 7) is 2.49. The number of fused-ring (bicyclic) bond motifs is 1. The third-order valence-electron chi connectivity index (χ3n) is 3.72. The maximum atomic E-state index is 12.3. The number of aromatic amines is 1. The molecule has 0 saturated heterocycles. The molecule has 5 nitrogen and oxygen atoms in total. The number of nitrogens with zero attached hydrogens (tertiary/aromatic N) is 1. The van der Waals surface area contributed by atoms with Crippen LogP contribution in [0.5, 0.6) is 0 Å². The largest absolute Gasteiger partial charge is 0.499 e. The average molecular weight is 247 g/mol. The maximum absolute atomic E-state index is 12.3. The smallest absolute Gasteiger partial charge is 0.224 e. The lowest BCUT2D eigenvalue weighted by Crippen LogP contribution is -2.49. The highest BCUT2D eigenvalue weighted by atomic mass is 16.5. The van der Waals surface area contributed by atoms with Gasteiger partial charge in [0.25, 0.3) is 0 Å². The zero-order valence-electron chi connectivity index (χ0n) is 10.4. The fourth-order valence-electron chi connectivity index (χ4n) is 2.56. The first-order valence-corrected chi connectivity index (χ1v) is 6.29. The van der Waals surface area contributed by atoms with Crippen molar-refractivity contribution in [1.82, 2.24) is 15.5 Å². The predicted molar refractivity (Wildman–Crippen MR) is 65.7 cm³/mol. The van der Waals surface area contributed by atoms with Crippen LogP contribution < -0.4 is 5.32 Å². The fourth-order valence-corrected chi connectivity index (χ4v) is 2.56. The van der Waals surface area contributed by atoms with Crippen molar-refractivity contribution in [3.05, 3.63) is 29.8 Å². The van der Waals surface area contributed by atoms with E-state index in [1.807, 2.05) is 19.2 Å². The van der Waals surface area contributed by atoms with Gasteiger partial charge < -0.3 is 10.1 Å². The van der Waals surface area contributed by atoms with E-state index in [9.17, 15) is 4.79 Å². The number of ether oxygens (including phenoxy) is 1. The summed E-state index contributed by atoms with van der Waals surface area (Å²) in [4.78, 5) is 12.3. The van der Waals surface area contributed by atoms with Gasteiger partial charge in [-0.2, -0.15) is 5.10 Å². The highest BCUT2D eigenvalue weighted by Crippen LogP contribution is 2.25. The second kappa shape index (κ2) is 4.15. The molecule has 5 heteroatoms. The van der Waals surface area contributed by atoms with Gasteiger partial charge in [0, 0.05) is 18.0 Å². The molecule has 0 saturated carbocycles. The van der Waals surface area contributed by atoms with E-state index >= 15 is 0 Å². The van der Waals surface area contributed by atoms with Crippen LogP contribution in [0.4, 0.5) is 0 Å². The Morgan fingerprint density at radius 2 is 2.56 bits per heavy atom. The summed E-state index contributed by atoms with van der Waals surface area (Å²) in [6, 6.07) is 0. The first kappa shape index (κ1) is 11.3. The molecule has 0 fully saturated rings. The number of amides is 1. The fraction of sp³-hybridized carbons (Fsp3) is 0.538. The molecule has 0 aromatic carbocycles. The summed E-state index contributed by atoms with van der Waals surface area (Å²) in [5.74, 6) is 0.136. The molecule has 1 aliphatic carbocycles. The Morgan fingerprint density at radius 1 is 1.67 bits per heavy atom. The highest BCUT2D eigenvalue weighted by molar-refractivity contribution is 5.80. The molecule has 1 aromatic heterocycles. The van der Waals surface area contributed by atoms with Gasteiger partial charge in [0.05, 0.1) is 18.0 Å². The van der Waals surface area contributed by atoms with Crippen LogP contribution in [0.1, 0.15) is 24.6 Å². The quantitative estimate of drug-likeness (QED) is 0.817. The number of rotatable bonds is 2. The van der Waals surface area contributed by atoms with Crippen molar-refractivity contribution >= 4 is 5.91 Å². The molecule has 3 rings (SSSR count). The molecule has 2 unspecified atom stereocenters. The Kier molecular flexibility index (Phi) is 2.61. The van der Waals surface area contributed by atoms with Gasteiger partial charge in [-0.1, -0.05) is 0 Å². The number of H-pyrrole nitrogens is 1. The van der Waals surface area contributed by atoms with Crippen LogP contribution in [0, 0.1) is 5.92 Å². The van der Waals surface area contributed by atoms with E-state index in [2.05, 4.69) is 15.5 Å². The van der Waals surface area contributed by atoms with Crippen LogP contribution in [0.2, 0.25) is 0 Å². The van der Waals surface area contributed by atoms with E-state index < -0.39 is 0 Å². The van der Waals surface area contributed by atoms with Gasteiger partial charge in [-0.15, -0.1) is 0 Å². The van der Waals surface area contributed by atoms with Gasteiger partial charge in [-0.05, 0) is 31.4 Å². The lowest BCUT2D eigenvalue weighted by Gasteiger charge is -2.27. The first-order chi connectivity index (χ1) is 8.66. The molecule has 1 amide bonds. The zero-order chi connectivity index (χ0) is 12.6. The minimum Gasteiger partial charge on any atom is -0.499 e. The van der Waals surface area contributed by atoms with Crippen molar-refractivity contribution in [2.45, 2.75) is 31.7 Å². The summed E-state index contributed by atoms with van der Waals surface area (Å²) < 4.78 is 5.18. The lowest BCUT2D eigenvalue weighted by atomic mass is 9.87. The number of carbonyl (C=O) groups excluding carboxylic acids is 1. The SMILES string of the molecule is CC1(NC(=O)C2CCc3cn[nH]c3C2)C=COC1. The van der Waals surface area contributed by atoms with Crippen LogP contribution >= 0.6 is 0 Å². The summed E-state index contributed by atoms with van der Waals surface area (Å²) in [5, 5.41) is 10.1. The minimum absolute atomic E-state index is 0.0313. The second-order valence-corrected chi connectivity index (χ2v) is 5.33. The van der Waals surface area contributed by atoms with Crippen molar-refractivity contribution in [1.29, 1.82) is 0 Å². The Hall–Kier alpha value is -1.78. The van der Waals surface area contributed by atoms with Gasteiger partial charge >= 0.3 is 0 Å². The summed E-state index contributed by atoms with van der Waals surface area (Å²) >= 11 is 0. The van der Waals surface area contributed by atoms with Crippen molar-refractivity contribution in [3.63, 3.8) is 0 Å². The van der Waals surface area contributed by atoms with Crippen LogP contribution in [0.3, 0.4) is 0 Å². The minimum atomic E-state index is -0.356. The zero-order valence-corrected chi connectivity index (χ0v) is 10.4. The van der Waals surface area contributed by atoms with Gasteiger partial charge in [-0.3, -0.25) is 9.89 Å². The molecule has 2 aliphatic rings. The highest BCUT2D eigenvalue weighted by Gasteiger charge is 2.32. The molecule has 1 aliphatic heterocycles. The number of hydrogen-bond donors (Lipinski definition) is 2. The molecule has 2 heterocycles. The van der Waals surface area contributed by atoms with Crippen molar-refractivity contribution < 1.29 is 9.53 Å². The summed E-state index contributed by atoms with van der Waals surface area (Å²) in [6.07, 6.45) is 7.97. The number of aryl methyl sites for hydroxylation is 1. The Morgan fingerprint density at radius 3 is 3.33 bits per heavy atom. The third kappa shape index (κ3) is 2.00. The van der Waals surface area contributed by atoms with Gasteiger partial charge in [0.15, 0.2) is 0 Å². The number of hydrogen-bond acceptors (Lipinski definition) is 3. The normalized spacial score (nSPS) is 29.7. The molecule has 0 spiro atoms.